The number of pyridine rings is 1. The van der Waals surface area contributed by atoms with Gasteiger partial charge in [0, 0.05) is 43.2 Å². The van der Waals surface area contributed by atoms with Crippen molar-refractivity contribution in [3.63, 3.8) is 0 Å². The monoisotopic (exact) mass is 462 g/mol. The number of nitrogens with zero attached hydrogens (tertiary/aromatic N) is 3. The van der Waals surface area contributed by atoms with Gasteiger partial charge in [0.25, 0.3) is 5.91 Å². The Labute approximate surface area is 194 Å². The lowest BCUT2D eigenvalue weighted by Crippen LogP contribution is -2.61. The molecule has 33 heavy (non-hydrogen) atoms. The average molecular weight is 463 g/mol. The number of piperazine rings is 1. The van der Waals surface area contributed by atoms with E-state index in [1.54, 1.807) is 30.1 Å². The van der Waals surface area contributed by atoms with E-state index in [1.807, 2.05) is 29.2 Å². The zero-order chi connectivity index (χ0) is 22.9. The summed E-state index contributed by atoms with van der Waals surface area (Å²) < 4.78 is 16.1. The van der Waals surface area contributed by atoms with Crippen LogP contribution >= 0.6 is 11.6 Å². The van der Waals surface area contributed by atoms with Crippen LogP contribution in [0.25, 0.3) is 32.8 Å². The molecule has 1 saturated heterocycles. The Morgan fingerprint density at radius 2 is 2.00 bits per heavy atom. The van der Waals surface area contributed by atoms with E-state index in [2.05, 4.69) is 10.3 Å². The van der Waals surface area contributed by atoms with Gasteiger partial charge in [0.15, 0.2) is 5.82 Å². The summed E-state index contributed by atoms with van der Waals surface area (Å²) in [6.45, 7) is 1.85. The van der Waals surface area contributed by atoms with E-state index in [9.17, 15) is 9.90 Å². The summed E-state index contributed by atoms with van der Waals surface area (Å²) in [7, 11) is 1.71. The topological polar surface area (TPSA) is 68.7 Å². The Kier molecular flexibility index (Phi) is 4.47. The van der Waals surface area contributed by atoms with Gasteiger partial charge in [0.1, 0.15) is 17.3 Å². The van der Waals surface area contributed by atoms with Crippen molar-refractivity contribution in [2.24, 2.45) is 0 Å². The van der Waals surface area contributed by atoms with E-state index < -0.39 is 5.82 Å². The molecule has 6 nitrogen and oxygen atoms in total. The van der Waals surface area contributed by atoms with Crippen molar-refractivity contribution < 1.29 is 14.3 Å². The molecule has 166 valence electrons. The van der Waals surface area contributed by atoms with Crippen LogP contribution in [0, 0.1) is 5.82 Å². The SMILES string of the molecule is CN1C(=O)[C@H]2CNCCN2c2c1cnc1c(F)c(-c3c(O)ccc4ccccc34)c(Cl)cc21. The van der Waals surface area contributed by atoms with Gasteiger partial charge in [-0.1, -0.05) is 41.9 Å². The molecule has 3 heterocycles. The molecular formula is C25H20ClFN4O2. The van der Waals surface area contributed by atoms with Gasteiger partial charge < -0.3 is 20.2 Å². The van der Waals surface area contributed by atoms with Gasteiger partial charge in [0.2, 0.25) is 0 Å². The number of fused-ring (bicyclic) bond motifs is 6. The molecule has 3 aromatic carbocycles. The molecule has 0 saturated carbocycles. The molecule has 1 amide bonds. The van der Waals surface area contributed by atoms with Crippen LogP contribution in [-0.4, -0.2) is 48.7 Å². The highest BCUT2D eigenvalue weighted by atomic mass is 35.5. The largest absolute Gasteiger partial charge is 0.507 e. The third-order valence-corrected chi connectivity index (χ3v) is 6.97. The third kappa shape index (κ3) is 2.82. The van der Waals surface area contributed by atoms with Crippen LogP contribution in [0.15, 0.2) is 48.7 Å². The van der Waals surface area contributed by atoms with Crippen LogP contribution < -0.4 is 15.1 Å². The first kappa shape index (κ1) is 20.2. The highest BCUT2D eigenvalue weighted by molar-refractivity contribution is 6.35. The van der Waals surface area contributed by atoms with E-state index in [1.165, 1.54) is 6.20 Å². The lowest BCUT2D eigenvalue weighted by molar-refractivity contribution is -0.120. The second kappa shape index (κ2) is 7.30. The molecule has 0 radical (unpaired) electrons. The summed E-state index contributed by atoms with van der Waals surface area (Å²) >= 11 is 6.71. The standard InChI is InChI=1S/C25H20ClFN4O2/c1-30-17-12-29-23-15(24(17)31-9-8-28-11-18(31)25(30)33)10-16(26)21(22(23)27)20-14-5-3-2-4-13(14)6-7-19(20)32/h2-7,10,12,18,28,32H,8-9,11H2,1H3/t18-/m1/s1. The number of phenols is 1. The molecule has 2 aliphatic rings. The third-order valence-electron chi connectivity index (χ3n) is 6.67. The molecule has 4 aromatic rings. The first-order chi connectivity index (χ1) is 16.0. The molecule has 6 rings (SSSR count). The van der Waals surface area contributed by atoms with Gasteiger partial charge in [-0.3, -0.25) is 9.78 Å². The first-order valence-electron chi connectivity index (χ1n) is 10.7. The summed E-state index contributed by atoms with van der Waals surface area (Å²) in [5, 5.41) is 16.2. The van der Waals surface area contributed by atoms with E-state index >= 15 is 4.39 Å². The molecule has 1 fully saturated rings. The summed E-state index contributed by atoms with van der Waals surface area (Å²) in [6.07, 6.45) is 1.54. The number of hydrogen-bond donors (Lipinski definition) is 2. The maximum atomic E-state index is 16.1. The van der Waals surface area contributed by atoms with Crippen molar-refractivity contribution >= 4 is 50.6 Å². The normalized spacial score (nSPS) is 18.0. The van der Waals surface area contributed by atoms with Crippen molar-refractivity contribution in [1.82, 2.24) is 10.3 Å². The fourth-order valence-electron chi connectivity index (χ4n) is 5.07. The number of anilines is 2. The van der Waals surface area contributed by atoms with Gasteiger partial charge in [-0.25, -0.2) is 4.39 Å². The summed E-state index contributed by atoms with van der Waals surface area (Å²) in [5.74, 6) is -0.683. The van der Waals surface area contributed by atoms with E-state index in [4.69, 9.17) is 11.6 Å². The number of nitrogens with one attached hydrogen (secondary N) is 1. The van der Waals surface area contributed by atoms with Crippen LogP contribution in [0.4, 0.5) is 15.8 Å². The summed E-state index contributed by atoms with van der Waals surface area (Å²) in [6, 6.07) is 12.1. The second-order valence-corrected chi connectivity index (χ2v) is 8.83. The Morgan fingerprint density at radius 3 is 2.85 bits per heavy atom. The molecule has 0 spiro atoms. The minimum Gasteiger partial charge on any atom is -0.507 e. The zero-order valence-corrected chi connectivity index (χ0v) is 18.5. The van der Waals surface area contributed by atoms with Gasteiger partial charge >= 0.3 is 0 Å². The Balaban J connectivity index is 1.66. The van der Waals surface area contributed by atoms with Crippen LogP contribution in [-0.2, 0) is 4.79 Å². The maximum Gasteiger partial charge on any atom is 0.250 e. The average Bonchev–Trinajstić information content (AvgIpc) is 2.83. The lowest BCUT2D eigenvalue weighted by Gasteiger charge is -2.44. The number of aromatic hydroxyl groups is 1. The van der Waals surface area contributed by atoms with Gasteiger partial charge in [0.05, 0.1) is 22.6 Å². The van der Waals surface area contributed by atoms with Crippen LogP contribution in [0.5, 0.6) is 5.75 Å². The molecule has 0 bridgehead atoms. The predicted octanol–water partition coefficient (Wildman–Crippen LogP) is 4.31. The van der Waals surface area contributed by atoms with Crippen LogP contribution in [0.1, 0.15) is 0 Å². The fraction of sp³-hybridized carbons (Fsp3) is 0.200. The number of amides is 1. The lowest BCUT2D eigenvalue weighted by atomic mass is 9.94. The quantitative estimate of drug-likeness (QED) is 0.441. The smallest absolute Gasteiger partial charge is 0.250 e. The minimum atomic E-state index is -0.599. The molecule has 1 aromatic heterocycles. The molecular weight excluding hydrogens is 443 g/mol. The summed E-state index contributed by atoms with van der Waals surface area (Å²) in [5.41, 5.74) is 1.98. The maximum absolute atomic E-state index is 16.1. The van der Waals surface area contributed by atoms with Gasteiger partial charge in [-0.15, -0.1) is 0 Å². The Bertz CT molecular complexity index is 1470. The number of phenolic OH excluding ortho intramolecular Hbond substituents is 1. The number of carbonyl (C=O) groups excluding carboxylic acids is 1. The zero-order valence-electron chi connectivity index (χ0n) is 17.8. The number of likely N-dealkylation sites (N-methyl/N-ethyl adjacent to an activating group) is 1. The van der Waals surface area contributed by atoms with Crippen molar-refractivity contribution in [3.05, 3.63) is 59.5 Å². The van der Waals surface area contributed by atoms with Gasteiger partial charge in [-0.05, 0) is 22.9 Å². The van der Waals surface area contributed by atoms with E-state index in [-0.39, 0.29) is 33.8 Å². The van der Waals surface area contributed by atoms with E-state index in [0.29, 0.717) is 35.1 Å². The molecule has 0 unspecified atom stereocenters. The fourth-order valence-corrected chi connectivity index (χ4v) is 5.36. The number of rotatable bonds is 1. The highest BCUT2D eigenvalue weighted by Gasteiger charge is 2.39. The van der Waals surface area contributed by atoms with Gasteiger partial charge in [-0.2, -0.15) is 0 Å². The Hall–Kier alpha value is -3.42. The minimum absolute atomic E-state index is 0.0280. The second-order valence-electron chi connectivity index (χ2n) is 8.43. The van der Waals surface area contributed by atoms with E-state index in [0.717, 1.165) is 17.6 Å². The van der Waals surface area contributed by atoms with Crippen LogP contribution in [0.3, 0.4) is 0 Å². The molecule has 2 aliphatic heterocycles. The predicted molar refractivity (Wildman–Crippen MR) is 129 cm³/mol. The number of aromatic nitrogens is 1. The Morgan fingerprint density at radius 1 is 1.18 bits per heavy atom. The number of hydrogen-bond acceptors (Lipinski definition) is 5. The van der Waals surface area contributed by atoms with Crippen molar-refractivity contribution in [1.29, 1.82) is 0 Å². The first-order valence-corrected chi connectivity index (χ1v) is 11.1. The highest BCUT2D eigenvalue weighted by Crippen LogP contribution is 2.47. The molecule has 1 atom stereocenters. The summed E-state index contributed by atoms with van der Waals surface area (Å²) in [4.78, 5) is 20.9. The number of carbonyl (C=O) groups is 1. The van der Waals surface area contributed by atoms with Crippen LogP contribution in [0.2, 0.25) is 5.02 Å². The van der Waals surface area contributed by atoms with Crippen molar-refractivity contribution in [2.75, 3.05) is 36.5 Å². The van der Waals surface area contributed by atoms with Crippen molar-refractivity contribution in [3.8, 4) is 16.9 Å². The number of benzene rings is 3. The molecule has 8 heteroatoms. The van der Waals surface area contributed by atoms with Crippen molar-refractivity contribution in [2.45, 2.75) is 6.04 Å². The number of halogens is 2. The molecule has 2 N–H and O–H groups in total. The molecule has 0 aliphatic carbocycles.